The quantitative estimate of drug-likeness (QED) is 0.496. The van der Waals surface area contributed by atoms with Gasteiger partial charge in [0.25, 0.3) is 0 Å². The fourth-order valence-corrected chi connectivity index (χ4v) is 0.243. The van der Waals surface area contributed by atoms with Crippen molar-refractivity contribution in [2.24, 2.45) is 0 Å². The van der Waals surface area contributed by atoms with Crippen LogP contribution in [0.5, 0.6) is 0 Å². The normalized spacial score (nSPS) is 7.57. The minimum absolute atomic E-state index is 0. The van der Waals surface area contributed by atoms with Gasteiger partial charge < -0.3 is 4.52 Å². The monoisotopic (exact) mass is 209 g/mol. The molecule has 1 heterocycles. The van der Waals surface area contributed by atoms with Crippen molar-refractivity contribution in [3.63, 3.8) is 0 Å². The maximum absolute atomic E-state index is 4.28. The molecule has 0 saturated heterocycles. The van der Waals surface area contributed by atoms with E-state index in [2.05, 4.69) is 27.5 Å². The molecule has 0 aromatic carbocycles. The summed E-state index contributed by atoms with van der Waals surface area (Å²) in [7, 11) is 0. The van der Waals surface area contributed by atoms with Crippen molar-refractivity contribution in [1.29, 1.82) is 0 Å². The van der Waals surface area contributed by atoms with Crippen LogP contribution in [0.4, 0.5) is 0 Å². The van der Waals surface area contributed by atoms with E-state index in [9.17, 15) is 0 Å². The second kappa shape index (κ2) is 3.26. The standard InChI is InChI=1S/C2H2N2OS.Ag/c6-2-1-5-4-3-2;/h1,6H;. The van der Waals surface area contributed by atoms with E-state index in [0.29, 0.717) is 5.03 Å². The third-order valence-corrected chi connectivity index (χ3v) is 0.543. The molecule has 0 aliphatic rings. The van der Waals surface area contributed by atoms with Gasteiger partial charge in [0.1, 0.15) is 0 Å². The fraction of sp³-hybridized carbons (Fsp3) is 0. The number of aromatic nitrogens is 2. The summed E-state index contributed by atoms with van der Waals surface area (Å²) in [5.41, 5.74) is 0. The van der Waals surface area contributed by atoms with E-state index in [0.717, 1.165) is 0 Å². The summed E-state index contributed by atoms with van der Waals surface area (Å²) in [6, 6.07) is 0. The van der Waals surface area contributed by atoms with Gasteiger partial charge in [-0.15, -0.1) is 17.7 Å². The van der Waals surface area contributed by atoms with Gasteiger partial charge in [0.05, 0.1) is 0 Å². The van der Waals surface area contributed by atoms with Crippen molar-refractivity contribution in [3.8, 4) is 0 Å². The Morgan fingerprint density at radius 1 is 1.71 bits per heavy atom. The van der Waals surface area contributed by atoms with Crippen LogP contribution in [0.15, 0.2) is 15.8 Å². The summed E-state index contributed by atoms with van der Waals surface area (Å²) in [4.78, 5) is 0. The van der Waals surface area contributed by atoms with Crippen LogP contribution >= 0.6 is 12.6 Å². The van der Waals surface area contributed by atoms with Crippen molar-refractivity contribution < 1.29 is 26.9 Å². The second-order valence-electron chi connectivity index (χ2n) is 0.763. The van der Waals surface area contributed by atoms with Crippen LogP contribution in [0.1, 0.15) is 0 Å². The number of hydrogen-bond acceptors (Lipinski definition) is 4. The predicted octanol–water partition coefficient (Wildman–Crippen LogP) is 0.356. The average Bonchev–Trinajstić information content (AvgIpc) is 1.86. The zero-order valence-electron chi connectivity index (χ0n) is 3.13. The zero-order valence-corrected chi connectivity index (χ0v) is 5.51. The van der Waals surface area contributed by atoms with Gasteiger partial charge in [-0.3, -0.25) is 0 Å². The van der Waals surface area contributed by atoms with Crippen LogP contribution in [0.2, 0.25) is 0 Å². The molecular formula is C2H2AgN2OS. The first-order chi connectivity index (χ1) is 2.89. The van der Waals surface area contributed by atoms with Gasteiger partial charge in [-0.1, -0.05) is 0 Å². The van der Waals surface area contributed by atoms with Gasteiger partial charge in [0.2, 0.25) is 0 Å². The molecule has 5 heteroatoms. The van der Waals surface area contributed by atoms with Crippen molar-refractivity contribution in [2.45, 2.75) is 5.03 Å². The van der Waals surface area contributed by atoms with E-state index >= 15 is 0 Å². The number of thiol groups is 1. The average molecular weight is 210 g/mol. The summed E-state index contributed by atoms with van der Waals surface area (Å²) < 4.78 is 4.28. The van der Waals surface area contributed by atoms with Crippen LogP contribution in [0.25, 0.3) is 0 Å². The summed E-state index contributed by atoms with van der Waals surface area (Å²) in [6.07, 6.45) is 1.35. The first-order valence-electron chi connectivity index (χ1n) is 1.35. The largest absolute Gasteiger partial charge is 0.344 e. The molecule has 0 unspecified atom stereocenters. The van der Waals surface area contributed by atoms with E-state index in [-0.39, 0.29) is 22.4 Å². The van der Waals surface area contributed by atoms with Gasteiger partial charge in [0.15, 0.2) is 11.3 Å². The molecule has 0 aliphatic carbocycles. The van der Waals surface area contributed by atoms with Crippen LogP contribution < -0.4 is 0 Å². The molecule has 0 fully saturated rings. The Balaban J connectivity index is 0.000000360. The second-order valence-corrected chi connectivity index (χ2v) is 1.22. The van der Waals surface area contributed by atoms with E-state index in [4.69, 9.17) is 0 Å². The van der Waals surface area contributed by atoms with Gasteiger partial charge in [-0.25, -0.2) is 0 Å². The number of hydrogen-bond donors (Lipinski definition) is 1. The molecule has 1 rings (SSSR count). The summed E-state index contributed by atoms with van der Waals surface area (Å²) >= 11 is 3.77. The molecule has 43 valence electrons. The number of nitrogens with zero attached hydrogens (tertiary/aromatic N) is 2. The van der Waals surface area contributed by atoms with Crippen molar-refractivity contribution in [1.82, 2.24) is 10.4 Å². The Morgan fingerprint density at radius 2 is 2.43 bits per heavy atom. The topological polar surface area (TPSA) is 38.9 Å². The summed E-state index contributed by atoms with van der Waals surface area (Å²) in [5.74, 6) is 0. The summed E-state index contributed by atoms with van der Waals surface area (Å²) in [6.45, 7) is 0. The van der Waals surface area contributed by atoms with Gasteiger partial charge in [-0.2, -0.15) is 0 Å². The van der Waals surface area contributed by atoms with Gasteiger partial charge in [0, 0.05) is 27.7 Å². The molecule has 0 atom stereocenters. The SMILES string of the molecule is Sc1conn1.[Ag]. The maximum Gasteiger partial charge on any atom is 0.158 e. The molecule has 1 aromatic rings. The van der Waals surface area contributed by atoms with Crippen LogP contribution in [-0.4, -0.2) is 10.4 Å². The number of rotatable bonds is 0. The molecule has 0 saturated carbocycles. The Bertz CT molecular complexity index is 119. The van der Waals surface area contributed by atoms with Crippen molar-refractivity contribution >= 4 is 12.6 Å². The van der Waals surface area contributed by atoms with Gasteiger partial charge in [-0.05, 0) is 0 Å². The van der Waals surface area contributed by atoms with Gasteiger partial charge >= 0.3 is 0 Å². The van der Waals surface area contributed by atoms with Crippen molar-refractivity contribution in [3.05, 3.63) is 6.26 Å². The van der Waals surface area contributed by atoms with Crippen molar-refractivity contribution in [2.75, 3.05) is 0 Å². The molecule has 7 heavy (non-hydrogen) atoms. The molecule has 0 spiro atoms. The first kappa shape index (κ1) is 7.23. The molecule has 1 radical (unpaired) electrons. The summed E-state index contributed by atoms with van der Waals surface area (Å²) in [5, 5.41) is 6.99. The fourth-order valence-electron chi connectivity index (χ4n) is 0.160. The molecule has 3 nitrogen and oxygen atoms in total. The first-order valence-corrected chi connectivity index (χ1v) is 1.80. The Labute approximate surface area is 61.4 Å². The van der Waals surface area contributed by atoms with Crippen LogP contribution in [0, 0.1) is 0 Å². The Morgan fingerprint density at radius 3 is 2.57 bits per heavy atom. The predicted molar refractivity (Wildman–Crippen MR) is 21.5 cm³/mol. The minimum atomic E-state index is 0. The molecule has 0 aliphatic heterocycles. The van der Waals surface area contributed by atoms with E-state index in [1.807, 2.05) is 0 Å². The Hall–Kier alpha value is 0.230. The molecule has 0 bridgehead atoms. The third-order valence-electron chi connectivity index (χ3n) is 0.349. The third kappa shape index (κ3) is 2.13. The van der Waals surface area contributed by atoms with E-state index < -0.39 is 0 Å². The molecule has 1 aromatic heterocycles. The molecular weight excluding hydrogens is 208 g/mol. The smallest absolute Gasteiger partial charge is 0.158 e. The minimum Gasteiger partial charge on any atom is -0.344 e. The zero-order chi connectivity index (χ0) is 4.41. The molecule has 0 amide bonds. The Kier molecular flexibility index (Phi) is 3.37. The van der Waals surface area contributed by atoms with E-state index in [1.165, 1.54) is 6.26 Å². The van der Waals surface area contributed by atoms with E-state index in [1.54, 1.807) is 0 Å². The maximum atomic E-state index is 4.28. The van der Waals surface area contributed by atoms with Crippen LogP contribution in [0.3, 0.4) is 0 Å². The molecule has 0 N–H and O–H groups in total. The van der Waals surface area contributed by atoms with Crippen LogP contribution in [-0.2, 0) is 22.4 Å².